The average Bonchev–Trinajstić information content (AvgIpc) is 2.42. The van der Waals surface area contributed by atoms with Crippen molar-refractivity contribution >= 4 is 17.6 Å². The molecule has 0 saturated heterocycles. The molecule has 0 aliphatic rings. The first-order chi connectivity index (χ1) is 9.24. The molecule has 0 radical (unpaired) electrons. The summed E-state index contributed by atoms with van der Waals surface area (Å²) in [5.74, 6) is -0.0738. The number of hydrogen-bond donors (Lipinski definition) is 1. The fourth-order valence-corrected chi connectivity index (χ4v) is 2.31. The molecular formula is C16H23ClO2. The van der Waals surface area contributed by atoms with E-state index in [9.17, 15) is 4.79 Å². The lowest BCUT2D eigenvalue weighted by atomic mass is 10.0. The van der Waals surface area contributed by atoms with E-state index in [0.717, 1.165) is 18.7 Å². The number of carbonyl (C=O) groups is 1. The van der Waals surface area contributed by atoms with Crippen molar-refractivity contribution in [1.82, 2.24) is 0 Å². The Balaban J connectivity index is 2.07. The molecule has 0 heterocycles. The monoisotopic (exact) mass is 282 g/mol. The summed E-state index contributed by atoms with van der Waals surface area (Å²) in [7, 11) is 0. The van der Waals surface area contributed by atoms with Crippen LogP contribution in [-0.2, 0) is 6.42 Å². The zero-order valence-electron chi connectivity index (χ0n) is 11.4. The van der Waals surface area contributed by atoms with Crippen molar-refractivity contribution in [3.05, 3.63) is 35.4 Å². The molecule has 0 atom stereocenters. The van der Waals surface area contributed by atoms with Crippen LogP contribution in [0.25, 0.3) is 0 Å². The molecule has 0 aromatic heterocycles. The first-order valence-corrected chi connectivity index (χ1v) is 7.65. The van der Waals surface area contributed by atoms with E-state index in [1.165, 1.54) is 44.1 Å². The van der Waals surface area contributed by atoms with Crippen LogP contribution in [0.2, 0.25) is 0 Å². The Morgan fingerprint density at radius 1 is 0.895 bits per heavy atom. The van der Waals surface area contributed by atoms with Crippen LogP contribution in [-0.4, -0.2) is 17.0 Å². The summed E-state index contributed by atoms with van der Waals surface area (Å²) in [5.41, 5.74) is 1.59. The maximum absolute atomic E-state index is 10.7. The second-order valence-electron chi connectivity index (χ2n) is 4.92. The Labute approximate surface area is 120 Å². The summed E-state index contributed by atoms with van der Waals surface area (Å²) in [5, 5.41) is 8.80. The van der Waals surface area contributed by atoms with Gasteiger partial charge in [0, 0.05) is 5.88 Å². The van der Waals surface area contributed by atoms with Crippen molar-refractivity contribution in [1.29, 1.82) is 0 Å². The van der Waals surface area contributed by atoms with Crippen molar-refractivity contribution in [3.8, 4) is 0 Å². The van der Waals surface area contributed by atoms with E-state index in [1.807, 2.05) is 12.1 Å². The quantitative estimate of drug-likeness (QED) is 0.490. The summed E-state index contributed by atoms with van der Waals surface area (Å²) in [6.45, 7) is 0. The van der Waals surface area contributed by atoms with E-state index < -0.39 is 5.97 Å². The zero-order chi connectivity index (χ0) is 13.9. The van der Waals surface area contributed by atoms with Crippen molar-refractivity contribution in [2.45, 2.75) is 51.4 Å². The maximum atomic E-state index is 10.7. The van der Waals surface area contributed by atoms with Gasteiger partial charge < -0.3 is 5.11 Å². The van der Waals surface area contributed by atoms with Crippen LogP contribution in [0.15, 0.2) is 24.3 Å². The van der Waals surface area contributed by atoms with Crippen molar-refractivity contribution in [2.75, 3.05) is 5.88 Å². The molecule has 0 unspecified atom stereocenters. The number of halogens is 1. The van der Waals surface area contributed by atoms with Crippen LogP contribution in [0.4, 0.5) is 0 Å². The number of carboxylic acid groups (broad SMARTS) is 1. The summed E-state index contributed by atoms with van der Waals surface area (Å²) in [6, 6.07) is 7.21. The van der Waals surface area contributed by atoms with Crippen LogP contribution in [0.3, 0.4) is 0 Å². The van der Waals surface area contributed by atoms with Crippen molar-refractivity contribution in [2.24, 2.45) is 0 Å². The number of carboxylic acids is 1. The molecule has 0 aliphatic heterocycles. The third kappa shape index (κ3) is 7.22. The molecule has 0 bridgehead atoms. The number of alkyl halides is 1. The molecule has 1 aromatic rings. The number of rotatable bonds is 10. The molecule has 1 aromatic carbocycles. The van der Waals surface area contributed by atoms with E-state index >= 15 is 0 Å². The SMILES string of the molecule is O=C(O)c1ccc(CCCCCCCCCCl)cc1. The molecule has 106 valence electrons. The normalized spacial score (nSPS) is 10.6. The minimum Gasteiger partial charge on any atom is -0.478 e. The van der Waals surface area contributed by atoms with E-state index in [4.69, 9.17) is 16.7 Å². The van der Waals surface area contributed by atoms with E-state index in [1.54, 1.807) is 12.1 Å². The highest BCUT2D eigenvalue weighted by molar-refractivity contribution is 6.17. The Kier molecular flexibility index (Phi) is 8.31. The summed E-state index contributed by atoms with van der Waals surface area (Å²) in [4.78, 5) is 10.7. The first kappa shape index (κ1) is 16.0. The molecule has 0 saturated carbocycles. The third-order valence-electron chi connectivity index (χ3n) is 3.30. The molecule has 1 rings (SSSR count). The molecule has 2 nitrogen and oxygen atoms in total. The topological polar surface area (TPSA) is 37.3 Å². The smallest absolute Gasteiger partial charge is 0.335 e. The van der Waals surface area contributed by atoms with Gasteiger partial charge in [-0.05, 0) is 37.0 Å². The third-order valence-corrected chi connectivity index (χ3v) is 3.57. The highest BCUT2D eigenvalue weighted by atomic mass is 35.5. The van der Waals surface area contributed by atoms with Crippen molar-refractivity contribution in [3.63, 3.8) is 0 Å². The second-order valence-corrected chi connectivity index (χ2v) is 5.29. The molecule has 3 heteroatoms. The number of hydrogen-bond acceptors (Lipinski definition) is 1. The van der Waals surface area contributed by atoms with Gasteiger partial charge in [0.15, 0.2) is 0 Å². The van der Waals surface area contributed by atoms with Gasteiger partial charge in [0.25, 0.3) is 0 Å². The second kappa shape index (κ2) is 9.85. The largest absolute Gasteiger partial charge is 0.478 e. The summed E-state index contributed by atoms with van der Waals surface area (Å²) in [6.07, 6.45) is 9.74. The predicted octanol–water partition coefficient (Wildman–Crippen LogP) is 4.90. The lowest BCUT2D eigenvalue weighted by Crippen LogP contribution is -1.96. The molecule has 0 amide bonds. The fraction of sp³-hybridized carbons (Fsp3) is 0.562. The molecular weight excluding hydrogens is 260 g/mol. The first-order valence-electron chi connectivity index (χ1n) is 7.12. The van der Waals surface area contributed by atoms with Gasteiger partial charge in [-0.2, -0.15) is 0 Å². The molecule has 0 fully saturated rings. The Hall–Kier alpha value is -1.02. The van der Waals surface area contributed by atoms with Crippen LogP contribution < -0.4 is 0 Å². The van der Waals surface area contributed by atoms with Crippen LogP contribution in [0.5, 0.6) is 0 Å². The van der Waals surface area contributed by atoms with Crippen molar-refractivity contribution < 1.29 is 9.90 Å². The molecule has 0 spiro atoms. The van der Waals surface area contributed by atoms with Crippen LogP contribution in [0.1, 0.15) is 60.9 Å². The average molecular weight is 283 g/mol. The van der Waals surface area contributed by atoms with Gasteiger partial charge in [0.2, 0.25) is 0 Å². The molecule has 19 heavy (non-hydrogen) atoms. The van der Waals surface area contributed by atoms with Gasteiger partial charge in [-0.15, -0.1) is 11.6 Å². The lowest BCUT2D eigenvalue weighted by molar-refractivity contribution is 0.0697. The zero-order valence-corrected chi connectivity index (χ0v) is 12.2. The predicted molar refractivity (Wildman–Crippen MR) is 80.1 cm³/mol. The number of benzene rings is 1. The number of aromatic carboxylic acids is 1. The highest BCUT2D eigenvalue weighted by Gasteiger charge is 2.01. The summed E-state index contributed by atoms with van der Waals surface area (Å²) >= 11 is 5.63. The number of aryl methyl sites for hydroxylation is 1. The Morgan fingerprint density at radius 3 is 1.95 bits per heavy atom. The lowest BCUT2D eigenvalue weighted by Gasteiger charge is -2.03. The highest BCUT2D eigenvalue weighted by Crippen LogP contribution is 2.12. The molecule has 0 aliphatic carbocycles. The van der Waals surface area contributed by atoms with Crippen LogP contribution in [0, 0.1) is 0 Å². The van der Waals surface area contributed by atoms with Crippen LogP contribution >= 0.6 is 11.6 Å². The number of unbranched alkanes of at least 4 members (excludes halogenated alkanes) is 6. The van der Waals surface area contributed by atoms with Gasteiger partial charge in [0.1, 0.15) is 0 Å². The van der Waals surface area contributed by atoms with Gasteiger partial charge >= 0.3 is 5.97 Å². The van der Waals surface area contributed by atoms with E-state index in [-0.39, 0.29) is 0 Å². The van der Waals surface area contributed by atoms with Gasteiger partial charge in [-0.25, -0.2) is 4.79 Å². The minimum absolute atomic E-state index is 0.364. The van der Waals surface area contributed by atoms with E-state index in [2.05, 4.69) is 0 Å². The van der Waals surface area contributed by atoms with Gasteiger partial charge in [-0.1, -0.05) is 44.2 Å². The minimum atomic E-state index is -0.858. The van der Waals surface area contributed by atoms with Gasteiger partial charge in [-0.3, -0.25) is 0 Å². The standard InChI is InChI=1S/C16H23ClO2/c17-13-7-5-3-1-2-4-6-8-14-9-11-15(12-10-14)16(18)19/h9-12H,1-8,13H2,(H,18,19). The molecule has 1 N–H and O–H groups in total. The fourth-order valence-electron chi connectivity index (χ4n) is 2.12. The summed E-state index contributed by atoms with van der Waals surface area (Å²) < 4.78 is 0. The maximum Gasteiger partial charge on any atom is 0.335 e. The van der Waals surface area contributed by atoms with Gasteiger partial charge in [0.05, 0.1) is 5.56 Å². The Morgan fingerprint density at radius 2 is 1.42 bits per heavy atom. The Bertz CT molecular complexity index is 360. The van der Waals surface area contributed by atoms with E-state index in [0.29, 0.717) is 5.56 Å².